The van der Waals surface area contributed by atoms with E-state index in [-0.39, 0.29) is 5.41 Å². The molecule has 1 aliphatic carbocycles. The molecule has 1 fully saturated rings. The Kier molecular flexibility index (Phi) is 2.21. The Labute approximate surface area is 67.6 Å². The van der Waals surface area contributed by atoms with Crippen LogP contribution in [0.25, 0.3) is 0 Å². The molecule has 1 N–H and O–H groups in total. The molecule has 0 atom stereocenters. The molecule has 64 valence electrons. The lowest BCUT2D eigenvalue weighted by atomic mass is 9.85. The highest BCUT2D eigenvalue weighted by atomic mass is 16.4. The monoisotopic (exact) mass is 156 g/mol. The number of hydrogen-bond acceptors (Lipinski definition) is 1. The number of rotatable bonds is 4. The van der Waals surface area contributed by atoms with E-state index in [1.807, 2.05) is 0 Å². The normalized spacial score (nSPS) is 20.3. The number of carbonyl (C=O) groups is 1. The van der Waals surface area contributed by atoms with Crippen LogP contribution in [0.4, 0.5) is 0 Å². The molecule has 0 aromatic carbocycles. The van der Waals surface area contributed by atoms with Gasteiger partial charge in [-0.25, -0.2) is 0 Å². The summed E-state index contributed by atoms with van der Waals surface area (Å²) in [5.41, 5.74) is -0.316. The summed E-state index contributed by atoms with van der Waals surface area (Å²) in [4.78, 5) is 10.8. The molecule has 1 rings (SSSR count). The zero-order chi connectivity index (χ0) is 8.48. The third kappa shape index (κ3) is 1.26. The largest absolute Gasteiger partial charge is 0.481 e. The first kappa shape index (κ1) is 8.57. The third-order valence-electron chi connectivity index (χ3n) is 2.98. The zero-order valence-corrected chi connectivity index (χ0v) is 7.26. The molecule has 0 heterocycles. The van der Waals surface area contributed by atoms with Gasteiger partial charge in [-0.1, -0.05) is 26.7 Å². The van der Waals surface area contributed by atoms with Gasteiger partial charge in [0.15, 0.2) is 0 Å². The van der Waals surface area contributed by atoms with Crippen LogP contribution >= 0.6 is 0 Å². The minimum Gasteiger partial charge on any atom is -0.481 e. The van der Waals surface area contributed by atoms with Crippen LogP contribution in [0.5, 0.6) is 0 Å². The van der Waals surface area contributed by atoms with Crippen molar-refractivity contribution in [3.8, 4) is 0 Å². The maximum Gasteiger partial charge on any atom is 0.309 e. The summed E-state index contributed by atoms with van der Waals surface area (Å²) in [5, 5.41) is 8.94. The molecule has 0 amide bonds. The number of hydrogen-bond donors (Lipinski definition) is 1. The minimum absolute atomic E-state index is 0.316. The lowest BCUT2D eigenvalue weighted by Gasteiger charge is -2.19. The Morgan fingerprint density at radius 2 is 1.91 bits per heavy atom. The first-order chi connectivity index (χ1) is 5.17. The van der Waals surface area contributed by atoms with Gasteiger partial charge in [-0.05, 0) is 18.8 Å². The van der Waals surface area contributed by atoms with Gasteiger partial charge in [0.1, 0.15) is 0 Å². The van der Waals surface area contributed by atoms with Crippen LogP contribution in [-0.2, 0) is 4.79 Å². The predicted octanol–water partition coefficient (Wildman–Crippen LogP) is 2.29. The van der Waals surface area contributed by atoms with Crippen molar-refractivity contribution in [3.05, 3.63) is 0 Å². The standard InChI is InChI=1S/C9H16O2/c1-3-7(4-2)9(5-6-9)8(10)11/h7H,3-6H2,1-2H3,(H,10,11). The first-order valence-corrected chi connectivity index (χ1v) is 4.40. The Morgan fingerprint density at radius 3 is 2.00 bits per heavy atom. The highest BCUT2D eigenvalue weighted by Crippen LogP contribution is 2.54. The minimum atomic E-state index is -0.578. The Morgan fingerprint density at radius 1 is 1.45 bits per heavy atom. The zero-order valence-electron chi connectivity index (χ0n) is 7.26. The Hall–Kier alpha value is -0.530. The Bertz CT molecular complexity index is 155. The van der Waals surface area contributed by atoms with Crippen LogP contribution in [-0.4, -0.2) is 11.1 Å². The average Bonchev–Trinajstić information content (AvgIpc) is 2.71. The summed E-state index contributed by atoms with van der Waals surface area (Å²) in [7, 11) is 0. The van der Waals surface area contributed by atoms with Crippen LogP contribution in [0.3, 0.4) is 0 Å². The van der Waals surface area contributed by atoms with Gasteiger partial charge in [0.05, 0.1) is 5.41 Å². The molecule has 2 nitrogen and oxygen atoms in total. The predicted molar refractivity (Wildman–Crippen MR) is 43.4 cm³/mol. The van der Waals surface area contributed by atoms with Crippen LogP contribution in [0.15, 0.2) is 0 Å². The molecule has 0 bridgehead atoms. The molecule has 11 heavy (non-hydrogen) atoms. The fraction of sp³-hybridized carbons (Fsp3) is 0.889. The van der Waals surface area contributed by atoms with Crippen molar-refractivity contribution < 1.29 is 9.90 Å². The Balaban J connectivity index is 2.63. The second-order valence-corrected chi connectivity index (χ2v) is 3.47. The van der Waals surface area contributed by atoms with Crippen molar-refractivity contribution in [2.24, 2.45) is 11.3 Å². The average molecular weight is 156 g/mol. The van der Waals surface area contributed by atoms with E-state index in [0.29, 0.717) is 5.92 Å². The van der Waals surface area contributed by atoms with E-state index in [1.165, 1.54) is 0 Å². The lowest BCUT2D eigenvalue weighted by Crippen LogP contribution is -2.24. The first-order valence-electron chi connectivity index (χ1n) is 4.40. The van der Waals surface area contributed by atoms with Gasteiger partial charge < -0.3 is 5.11 Å². The van der Waals surface area contributed by atoms with Crippen molar-refractivity contribution in [1.82, 2.24) is 0 Å². The summed E-state index contributed by atoms with van der Waals surface area (Å²) >= 11 is 0. The van der Waals surface area contributed by atoms with Crippen LogP contribution in [0, 0.1) is 11.3 Å². The smallest absolute Gasteiger partial charge is 0.309 e. The highest BCUT2D eigenvalue weighted by molar-refractivity contribution is 5.78. The van der Waals surface area contributed by atoms with Gasteiger partial charge in [-0.15, -0.1) is 0 Å². The van der Waals surface area contributed by atoms with Crippen molar-refractivity contribution in [2.45, 2.75) is 39.5 Å². The van der Waals surface area contributed by atoms with Gasteiger partial charge in [0.2, 0.25) is 0 Å². The van der Waals surface area contributed by atoms with Gasteiger partial charge in [0.25, 0.3) is 0 Å². The molecular weight excluding hydrogens is 140 g/mol. The van der Waals surface area contributed by atoms with Crippen LogP contribution in [0.1, 0.15) is 39.5 Å². The fourth-order valence-corrected chi connectivity index (χ4v) is 2.00. The second kappa shape index (κ2) is 2.84. The maximum absolute atomic E-state index is 10.8. The van der Waals surface area contributed by atoms with Gasteiger partial charge in [-0.3, -0.25) is 4.79 Å². The SMILES string of the molecule is CCC(CC)C1(C(=O)O)CC1. The van der Waals surface area contributed by atoms with Crippen molar-refractivity contribution in [2.75, 3.05) is 0 Å². The highest BCUT2D eigenvalue weighted by Gasteiger charge is 2.54. The lowest BCUT2D eigenvalue weighted by molar-refractivity contribution is -0.145. The molecule has 0 saturated heterocycles. The number of carboxylic acid groups (broad SMARTS) is 1. The summed E-state index contributed by atoms with van der Waals surface area (Å²) in [5.74, 6) is -0.175. The van der Waals surface area contributed by atoms with Crippen molar-refractivity contribution in [1.29, 1.82) is 0 Å². The van der Waals surface area contributed by atoms with Crippen LogP contribution in [0.2, 0.25) is 0 Å². The number of aliphatic carboxylic acids is 1. The van der Waals surface area contributed by atoms with E-state index < -0.39 is 5.97 Å². The van der Waals surface area contributed by atoms with E-state index in [9.17, 15) is 4.79 Å². The van der Waals surface area contributed by atoms with Gasteiger partial charge in [0, 0.05) is 0 Å². The molecule has 0 aromatic rings. The van der Waals surface area contributed by atoms with Crippen LogP contribution < -0.4 is 0 Å². The maximum atomic E-state index is 10.8. The van der Waals surface area contributed by atoms with E-state index in [1.54, 1.807) is 0 Å². The molecule has 0 aromatic heterocycles. The third-order valence-corrected chi connectivity index (χ3v) is 2.98. The molecule has 2 heteroatoms. The molecule has 1 aliphatic rings. The van der Waals surface area contributed by atoms with E-state index in [0.717, 1.165) is 25.7 Å². The van der Waals surface area contributed by atoms with E-state index >= 15 is 0 Å². The summed E-state index contributed by atoms with van der Waals surface area (Å²) in [6.45, 7) is 4.16. The quantitative estimate of drug-likeness (QED) is 0.678. The summed E-state index contributed by atoms with van der Waals surface area (Å²) in [6, 6.07) is 0. The molecule has 0 spiro atoms. The molecular formula is C9H16O2. The fourth-order valence-electron chi connectivity index (χ4n) is 2.00. The van der Waals surface area contributed by atoms with Gasteiger partial charge >= 0.3 is 5.97 Å². The van der Waals surface area contributed by atoms with E-state index in [4.69, 9.17) is 5.11 Å². The van der Waals surface area contributed by atoms with Crippen molar-refractivity contribution in [3.63, 3.8) is 0 Å². The molecule has 0 unspecified atom stereocenters. The summed E-state index contributed by atoms with van der Waals surface area (Å²) in [6.07, 6.45) is 3.80. The van der Waals surface area contributed by atoms with E-state index in [2.05, 4.69) is 13.8 Å². The summed E-state index contributed by atoms with van der Waals surface area (Å²) < 4.78 is 0. The molecule has 1 saturated carbocycles. The second-order valence-electron chi connectivity index (χ2n) is 3.47. The topological polar surface area (TPSA) is 37.3 Å². The van der Waals surface area contributed by atoms with Crippen molar-refractivity contribution >= 4 is 5.97 Å². The molecule has 0 radical (unpaired) electrons. The van der Waals surface area contributed by atoms with Gasteiger partial charge in [-0.2, -0.15) is 0 Å². The number of carboxylic acids is 1. The molecule has 0 aliphatic heterocycles.